The summed E-state index contributed by atoms with van der Waals surface area (Å²) in [6, 6.07) is 7.93. The number of benzene rings is 1. The first-order valence-corrected chi connectivity index (χ1v) is 6.49. The van der Waals surface area contributed by atoms with Crippen LogP contribution in [0.3, 0.4) is 0 Å². The summed E-state index contributed by atoms with van der Waals surface area (Å²) in [5.41, 5.74) is 0. The van der Waals surface area contributed by atoms with Crippen molar-refractivity contribution >= 4 is 13.8 Å². The van der Waals surface area contributed by atoms with E-state index in [-0.39, 0.29) is 19.0 Å². The van der Waals surface area contributed by atoms with E-state index in [9.17, 15) is 14.3 Å². The molecule has 1 aromatic carbocycles. The van der Waals surface area contributed by atoms with Crippen LogP contribution in [0.15, 0.2) is 43.0 Å². The van der Waals surface area contributed by atoms with Gasteiger partial charge in [0, 0.05) is 6.08 Å². The monoisotopic (exact) mass is 271 g/mol. The van der Waals surface area contributed by atoms with Crippen molar-refractivity contribution in [3.05, 3.63) is 43.0 Å². The maximum absolute atomic E-state index is 11.3. The summed E-state index contributed by atoms with van der Waals surface area (Å²) in [5.74, 6) is -0.498. The highest BCUT2D eigenvalue weighted by molar-refractivity contribution is 7.46. The molecule has 0 aliphatic carbocycles. The number of rotatable bonds is 7. The molecule has 0 saturated carbocycles. The Kier molecular flexibility index (Phi) is 5.58. The number of carbonyl (C=O) groups is 1. The van der Waals surface area contributed by atoms with E-state index in [2.05, 4.69) is 20.4 Å². The number of para-hydroxylation sites is 1. The van der Waals surface area contributed by atoms with Crippen molar-refractivity contribution < 1.29 is 28.0 Å². The molecule has 7 heteroatoms. The van der Waals surface area contributed by atoms with E-state index < -0.39 is 13.8 Å². The SMILES string of the molecule is C=CC(=O)OCCOP(=O)([O-])Oc1ccccc1. The van der Waals surface area contributed by atoms with E-state index in [0.29, 0.717) is 0 Å². The number of carbonyl (C=O) groups excluding carboxylic acids is 1. The van der Waals surface area contributed by atoms with Crippen LogP contribution in [0.1, 0.15) is 0 Å². The lowest BCUT2D eigenvalue weighted by Gasteiger charge is -2.22. The minimum absolute atomic E-state index is 0.152. The Bertz CT molecular complexity index is 444. The normalized spacial score (nSPS) is 13.4. The van der Waals surface area contributed by atoms with Gasteiger partial charge < -0.3 is 18.7 Å². The molecular weight excluding hydrogens is 259 g/mol. The van der Waals surface area contributed by atoms with Gasteiger partial charge in [-0.05, 0) is 12.1 Å². The van der Waals surface area contributed by atoms with Gasteiger partial charge >= 0.3 is 13.8 Å². The molecule has 0 aliphatic heterocycles. The van der Waals surface area contributed by atoms with Crippen molar-refractivity contribution in [3.63, 3.8) is 0 Å². The molecule has 0 fully saturated rings. The van der Waals surface area contributed by atoms with Crippen LogP contribution in [-0.4, -0.2) is 19.2 Å². The van der Waals surface area contributed by atoms with Crippen LogP contribution in [0.4, 0.5) is 0 Å². The fourth-order valence-electron chi connectivity index (χ4n) is 0.987. The first-order valence-electron chi connectivity index (χ1n) is 5.03. The third-order valence-electron chi connectivity index (χ3n) is 1.70. The van der Waals surface area contributed by atoms with Gasteiger partial charge in [0.25, 0.3) is 0 Å². The second-order valence-electron chi connectivity index (χ2n) is 3.06. The number of hydrogen-bond donors (Lipinski definition) is 0. The average molecular weight is 271 g/mol. The fraction of sp³-hybridized carbons (Fsp3) is 0.182. The number of hydrogen-bond acceptors (Lipinski definition) is 6. The number of esters is 1. The number of ether oxygens (including phenoxy) is 1. The molecule has 18 heavy (non-hydrogen) atoms. The second-order valence-corrected chi connectivity index (χ2v) is 4.39. The Hall–Kier alpha value is -1.62. The molecule has 0 aromatic heterocycles. The molecule has 0 amide bonds. The van der Waals surface area contributed by atoms with Crippen molar-refractivity contribution in [1.82, 2.24) is 0 Å². The molecular formula is C11H12O6P-. The zero-order valence-electron chi connectivity index (χ0n) is 9.48. The number of phosphoric ester groups is 1. The molecule has 0 saturated heterocycles. The third kappa shape index (κ3) is 5.63. The minimum Gasteiger partial charge on any atom is -0.746 e. The minimum atomic E-state index is -4.45. The van der Waals surface area contributed by atoms with Gasteiger partial charge in [-0.1, -0.05) is 24.8 Å². The zero-order chi connectivity index (χ0) is 13.4. The maximum Gasteiger partial charge on any atom is 0.330 e. The molecule has 0 heterocycles. The Morgan fingerprint density at radius 3 is 2.61 bits per heavy atom. The van der Waals surface area contributed by atoms with Crippen LogP contribution in [0.5, 0.6) is 5.75 Å². The molecule has 0 N–H and O–H groups in total. The van der Waals surface area contributed by atoms with Gasteiger partial charge in [0.2, 0.25) is 0 Å². The lowest BCUT2D eigenvalue weighted by atomic mass is 10.3. The highest BCUT2D eigenvalue weighted by atomic mass is 31.2. The molecule has 98 valence electrons. The molecule has 0 radical (unpaired) electrons. The maximum atomic E-state index is 11.3. The van der Waals surface area contributed by atoms with Crippen molar-refractivity contribution in [1.29, 1.82) is 0 Å². The molecule has 1 atom stereocenters. The second kappa shape index (κ2) is 6.96. The zero-order valence-corrected chi connectivity index (χ0v) is 10.4. The Labute approximate surface area is 104 Å². The Morgan fingerprint density at radius 2 is 2.00 bits per heavy atom. The van der Waals surface area contributed by atoms with E-state index >= 15 is 0 Å². The summed E-state index contributed by atoms with van der Waals surface area (Å²) in [6.07, 6.45) is 0.969. The van der Waals surface area contributed by atoms with E-state index in [1.165, 1.54) is 12.1 Å². The van der Waals surface area contributed by atoms with Crippen LogP contribution >= 0.6 is 7.82 Å². The highest BCUT2D eigenvalue weighted by Crippen LogP contribution is 2.38. The van der Waals surface area contributed by atoms with Gasteiger partial charge in [0.15, 0.2) is 0 Å². The third-order valence-corrected chi connectivity index (χ3v) is 2.64. The summed E-state index contributed by atoms with van der Waals surface area (Å²) in [4.78, 5) is 22.0. The standard InChI is InChI=1S/C11H13O6P/c1-2-11(12)15-8-9-16-18(13,14)17-10-6-4-3-5-7-10/h2-7H,1,8-9H2,(H,13,14)/p-1. The van der Waals surface area contributed by atoms with E-state index in [1.54, 1.807) is 18.2 Å². The fourth-order valence-corrected chi connectivity index (χ4v) is 1.72. The summed E-state index contributed by atoms with van der Waals surface area (Å²) in [6.45, 7) is 2.68. The molecule has 1 rings (SSSR count). The first kappa shape index (κ1) is 14.4. The van der Waals surface area contributed by atoms with E-state index in [1.807, 2.05) is 0 Å². The lowest BCUT2D eigenvalue weighted by Crippen LogP contribution is -2.14. The molecule has 0 spiro atoms. The molecule has 1 unspecified atom stereocenters. The van der Waals surface area contributed by atoms with Crippen molar-refractivity contribution in [2.75, 3.05) is 13.2 Å². The van der Waals surface area contributed by atoms with Crippen molar-refractivity contribution in [3.8, 4) is 5.75 Å². The van der Waals surface area contributed by atoms with Crippen molar-refractivity contribution in [2.24, 2.45) is 0 Å². The lowest BCUT2D eigenvalue weighted by molar-refractivity contribution is -0.217. The van der Waals surface area contributed by atoms with E-state index in [0.717, 1.165) is 6.08 Å². The van der Waals surface area contributed by atoms with Crippen molar-refractivity contribution in [2.45, 2.75) is 0 Å². The highest BCUT2D eigenvalue weighted by Gasteiger charge is 2.11. The average Bonchev–Trinajstić information content (AvgIpc) is 2.35. The smallest absolute Gasteiger partial charge is 0.330 e. The summed E-state index contributed by atoms with van der Waals surface area (Å²) < 4.78 is 25.0. The summed E-state index contributed by atoms with van der Waals surface area (Å²) >= 11 is 0. The first-order chi connectivity index (χ1) is 8.53. The van der Waals surface area contributed by atoms with Gasteiger partial charge in [-0.15, -0.1) is 0 Å². The van der Waals surface area contributed by atoms with Crippen LogP contribution in [0.25, 0.3) is 0 Å². The van der Waals surface area contributed by atoms with Gasteiger partial charge in [-0.25, -0.2) is 4.79 Å². The van der Waals surface area contributed by atoms with Crippen LogP contribution in [0, 0.1) is 0 Å². The number of phosphoric acid groups is 1. The van der Waals surface area contributed by atoms with Gasteiger partial charge in [0.05, 0.1) is 6.61 Å². The van der Waals surface area contributed by atoms with E-state index in [4.69, 9.17) is 0 Å². The quantitative estimate of drug-likeness (QED) is 0.321. The summed E-state index contributed by atoms with van der Waals surface area (Å²) in [7, 11) is -4.45. The molecule has 1 aromatic rings. The molecule has 0 bridgehead atoms. The topological polar surface area (TPSA) is 84.9 Å². The van der Waals surface area contributed by atoms with Crippen LogP contribution in [0.2, 0.25) is 0 Å². The Balaban J connectivity index is 2.34. The Morgan fingerprint density at radius 1 is 1.33 bits per heavy atom. The molecule has 0 aliphatic rings. The van der Waals surface area contributed by atoms with Gasteiger partial charge in [-0.2, -0.15) is 0 Å². The largest absolute Gasteiger partial charge is 0.746 e. The summed E-state index contributed by atoms with van der Waals surface area (Å²) in [5, 5.41) is 0. The van der Waals surface area contributed by atoms with Gasteiger partial charge in [-0.3, -0.25) is 4.57 Å². The molecule has 6 nitrogen and oxygen atoms in total. The van der Waals surface area contributed by atoms with Gasteiger partial charge in [0.1, 0.15) is 12.4 Å². The van der Waals surface area contributed by atoms with Crippen LogP contribution < -0.4 is 9.42 Å². The predicted octanol–water partition coefficient (Wildman–Crippen LogP) is 1.28. The predicted molar refractivity (Wildman–Crippen MR) is 61.8 cm³/mol. The van der Waals surface area contributed by atoms with Crippen LogP contribution in [-0.2, 0) is 18.6 Å².